The zero-order valence-corrected chi connectivity index (χ0v) is 18.1. The van der Waals surface area contributed by atoms with Gasteiger partial charge in [-0.15, -0.1) is 0 Å². The smallest absolute Gasteiger partial charge is 0.258 e. The maximum atomic E-state index is 12.6. The molecule has 0 spiro atoms. The number of nitrogens with one attached hydrogen (secondary N) is 1. The van der Waals surface area contributed by atoms with E-state index in [0.29, 0.717) is 27.3 Å². The van der Waals surface area contributed by atoms with E-state index in [1.807, 2.05) is 20.8 Å². The Morgan fingerprint density at radius 3 is 2.53 bits per heavy atom. The zero-order chi connectivity index (χ0) is 22.0. The summed E-state index contributed by atoms with van der Waals surface area (Å²) in [6, 6.07) is 7.03. The van der Waals surface area contributed by atoms with E-state index in [1.165, 1.54) is 16.7 Å². The number of primary amides is 1. The van der Waals surface area contributed by atoms with Crippen LogP contribution in [0.1, 0.15) is 33.0 Å². The number of pyridine rings is 1. The Morgan fingerprint density at radius 1 is 1.13 bits per heavy atom. The minimum absolute atomic E-state index is 0.0730. The summed E-state index contributed by atoms with van der Waals surface area (Å²) >= 11 is 1.17. The number of hydrogen-bond donors (Lipinski definition) is 2. The number of thioether (sulfide) groups is 1. The van der Waals surface area contributed by atoms with E-state index in [4.69, 9.17) is 5.73 Å². The van der Waals surface area contributed by atoms with Crippen molar-refractivity contribution >= 4 is 34.5 Å². The molecule has 0 aliphatic carbocycles. The highest BCUT2D eigenvalue weighted by Gasteiger charge is 2.19. The van der Waals surface area contributed by atoms with Crippen molar-refractivity contribution in [2.24, 2.45) is 5.73 Å². The van der Waals surface area contributed by atoms with Crippen LogP contribution >= 0.6 is 11.8 Å². The molecule has 3 rings (SSSR count). The van der Waals surface area contributed by atoms with Crippen molar-refractivity contribution in [2.75, 3.05) is 12.8 Å². The van der Waals surface area contributed by atoms with Gasteiger partial charge in [-0.3, -0.25) is 14.4 Å². The van der Waals surface area contributed by atoms with Gasteiger partial charge in [-0.2, -0.15) is 0 Å². The number of nitrogens with zero attached hydrogens (tertiary/aromatic N) is 3. The monoisotopic (exact) mass is 425 g/mol. The van der Waals surface area contributed by atoms with Gasteiger partial charge in [-0.1, -0.05) is 23.9 Å². The first-order chi connectivity index (χ1) is 14.2. The van der Waals surface area contributed by atoms with Gasteiger partial charge >= 0.3 is 0 Å². The molecule has 2 aromatic heterocycles. The minimum Gasteiger partial charge on any atom is -0.366 e. The molecule has 30 heavy (non-hydrogen) atoms. The van der Waals surface area contributed by atoms with Gasteiger partial charge in [0.25, 0.3) is 11.5 Å². The number of carbonyl (C=O) groups is 2. The van der Waals surface area contributed by atoms with Crippen LogP contribution in [0.3, 0.4) is 0 Å². The lowest BCUT2D eigenvalue weighted by Gasteiger charge is -2.17. The number of aromatic amines is 1. The summed E-state index contributed by atoms with van der Waals surface area (Å²) in [6.45, 7) is 5.72. The molecule has 3 N–H and O–H groups in total. The molecule has 0 atom stereocenters. The standard InChI is InChI=1S/C21H23N5O3S/c1-11-12(2)18(19(22)28)21(23-13(11)3)30-10-17(27)26(4)9-16-24-15-8-6-5-7-14(15)20(29)25-16/h5-8H,9-10H2,1-4H3,(H2,22,28)(H,24,25,29). The van der Waals surface area contributed by atoms with Crippen LogP contribution in [0.25, 0.3) is 10.9 Å². The van der Waals surface area contributed by atoms with Crippen molar-refractivity contribution in [2.45, 2.75) is 32.3 Å². The molecule has 0 fully saturated rings. The Hall–Kier alpha value is -3.20. The van der Waals surface area contributed by atoms with Crippen molar-refractivity contribution in [3.8, 4) is 0 Å². The fourth-order valence-corrected chi connectivity index (χ4v) is 4.15. The molecule has 0 saturated heterocycles. The Bertz CT molecular complexity index is 1210. The molecule has 8 nitrogen and oxygen atoms in total. The Balaban J connectivity index is 1.74. The molecule has 0 aliphatic rings. The summed E-state index contributed by atoms with van der Waals surface area (Å²) in [5.74, 6) is -0.283. The number of nitrogens with two attached hydrogens (primary N) is 1. The van der Waals surface area contributed by atoms with E-state index >= 15 is 0 Å². The third kappa shape index (κ3) is 4.35. The van der Waals surface area contributed by atoms with Crippen molar-refractivity contribution in [1.29, 1.82) is 0 Å². The summed E-state index contributed by atoms with van der Waals surface area (Å²) < 4.78 is 0. The second-order valence-corrected chi connectivity index (χ2v) is 8.02. The number of benzene rings is 1. The maximum absolute atomic E-state index is 12.6. The average Bonchev–Trinajstić information content (AvgIpc) is 2.69. The van der Waals surface area contributed by atoms with Crippen LogP contribution in [-0.4, -0.2) is 44.5 Å². The molecular formula is C21H23N5O3S. The molecule has 0 aliphatic heterocycles. The van der Waals surface area contributed by atoms with E-state index in [1.54, 1.807) is 31.3 Å². The molecule has 3 aromatic rings. The van der Waals surface area contributed by atoms with Crippen LogP contribution in [-0.2, 0) is 11.3 Å². The van der Waals surface area contributed by atoms with Crippen molar-refractivity contribution in [3.63, 3.8) is 0 Å². The quantitative estimate of drug-likeness (QED) is 0.583. The predicted molar refractivity (Wildman–Crippen MR) is 117 cm³/mol. The first-order valence-corrected chi connectivity index (χ1v) is 10.3. The third-order valence-corrected chi connectivity index (χ3v) is 5.98. The Kier molecular flexibility index (Phi) is 6.21. The van der Waals surface area contributed by atoms with Crippen molar-refractivity contribution < 1.29 is 9.59 Å². The summed E-state index contributed by atoms with van der Waals surface area (Å²) in [5, 5.41) is 0.947. The SMILES string of the molecule is Cc1nc(SCC(=O)N(C)Cc2nc3ccccc3c(=O)[nH]2)c(C(N)=O)c(C)c1C. The molecule has 9 heteroatoms. The highest BCUT2D eigenvalue weighted by atomic mass is 32.2. The lowest BCUT2D eigenvalue weighted by Crippen LogP contribution is -2.30. The van der Waals surface area contributed by atoms with Gasteiger partial charge < -0.3 is 15.6 Å². The van der Waals surface area contributed by atoms with Gasteiger partial charge in [0.05, 0.1) is 28.8 Å². The Morgan fingerprint density at radius 2 is 1.83 bits per heavy atom. The van der Waals surface area contributed by atoms with Crippen LogP contribution < -0.4 is 11.3 Å². The van der Waals surface area contributed by atoms with Crippen LogP contribution in [0, 0.1) is 20.8 Å². The number of H-pyrrole nitrogens is 1. The fraction of sp³-hybridized carbons (Fsp3) is 0.286. The lowest BCUT2D eigenvalue weighted by atomic mass is 10.0. The molecule has 1 aromatic carbocycles. The average molecular weight is 426 g/mol. The number of hydrogen-bond acceptors (Lipinski definition) is 6. The van der Waals surface area contributed by atoms with Gasteiger partial charge in [-0.05, 0) is 44.0 Å². The van der Waals surface area contributed by atoms with E-state index < -0.39 is 5.91 Å². The highest BCUT2D eigenvalue weighted by Crippen LogP contribution is 2.27. The van der Waals surface area contributed by atoms with Gasteiger partial charge in [0.2, 0.25) is 5.91 Å². The summed E-state index contributed by atoms with van der Waals surface area (Å²) in [6.07, 6.45) is 0. The lowest BCUT2D eigenvalue weighted by molar-refractivity contribution is -0.127. The normalized spacial score (nSPS) is 10.9. The molecule has 156 valence electrons. The van der Waals surface area contributed by atoms with Gasteiger partial charge in [0.1, 0.15) is 10.9 Å². The van der Waals surface area contributed by atoms with Gasteiger partial charge in [0.15, 0.2) is 0 Å². The molecule has 2 amide bonds. The summed E-state index contributed by atoms with van der Waals surface area (Å²) in [5.41, 5.74) is 8.68. The molecule has 0 saturated carbocycles. The van der Waals surface area contributed by atoms with Crippen molar-refractivity contribution in [1.82, 2.24) is 19.9 Å². The second-order valence-electron chi connectivity index (χ2n) is 7.06. The molecule has 0 unspecified atom stereocenters. The fourth-order valence-electron chi connectivity index (χ4n) is 3.07. The number of amides is 2. The third-order valence-electron chi connectivity index (χ3n) is 5.02. The van der Waals surface area contributed by atoms with Gasteiger partial charge in [-0.25, -0.2) is 9.97 Å². The minimum atomic E-state index is -0.565. The molecule has 0 radical (unpaired) electrons. The summed E-state index contributed by atoms with van der Waals surface area (Å²) in [4.78, 5) is 49.8. The second kappa shape index (κ2) is 8.66. The number of fused-ring (bicyclic) bond motifs is 1. The molecule has 0 bridgehead atoms. The Labute approximate surface area is 177 Å². The van der Waals surface area contributed by atoms with Crippen LogP contribution in [0.2, 0.25) is 0 Å². The van der Waals surface area contributed by atoms with Crippen LogP contribution in [0.5, 0.6) is 0 Å². The van der Waals surface area contributed by atoms with Crippen LogP contribution in [0.15, 0.2) is 34.1 Å². The van der Waals surface area contributed by atoms with Gasteiger partial charge in [0, 0.05) is 12.7 Å². The highest BCUT2D eigenvalue weighted by molar-refractivity contribution is 8.00. The van der Waals surface area contributed by atoms with E-state index in [0.717, 1.165) is 16.8 Å². The van der Waals surface area contributed by atoms with Crippen LogP contribution in [0.4, 0.5) is 0 Å². The van der Waals surface area contributed by atoms with E-state index in [-0.39, 0.29) is 23.8 Å². The number of carbonyl (C=O) groups excluding carboxylic acids is 2. The summed E-state index contributed by atoms with van der Waals surface area (Å²) in [7, 11) is 1.63. The molecule has 2 heterocycles. The first-order valence-electron chi connectivity index (χ1n) is 9.31. The predicted octanol–water partition coefficient (Wildman–Crippen LogP) is 2.09. The molecular weight excluding hydrogens is 402 g/mol. The largest absolute Gasteiger partial charge is 0.366 e. The first kappa shape index (κ1) is 21.5. The number of para-hydroxylation sites is 1. The van der Waals surface area contributed by atoms with E-state index in [2.05, 4.69) is 15.0 Å². The zero-order valence-electron chi connectivity index (χ0n) is 17.3. The topological polar surface area (TPSA) is 122 Å². The maximum Gasteiger partial charge on any atom is 0.258 e. The number of aromatic nitrogens is 3. The van der Waals surface area contributed by atoms with E-state index in [9.17, 15) is 14.4 Å². The van der Waals surface area contributed by atoms with Crippen molar-refractivity contribution in [3.05, 3.63) is 62.8 Å². The number of rotatable bonds is 6. The number of aryl methyl sites for hydroxylation is 1.